The van der Waals surface area contributed by atoms with E-state index in [2.05, 4.69) is 15.7 Å². The summed E-state index contributed by atoms with van der Waals surface area (Å²) in [5, 5.41) is 11.2. The molecule has 2 aromatic rings. The number of carbonyl (C=O) groups excluding carboxylic acids is 1. The van der Waals surface area contributed by atoms with Gasteiger partial charge >= 0.3 is 0 Å². The van der Waals surface area contributed by atoms with Crippen LogP contribution in [-0.2, 0) is 16.6 Å². The summed E-state index contributed by atoms with van der Waals surface area (Å²) in [5.74, 6) is 0.0601. The Kier molecular flexibility index (Phi) is 7.46. The molecule has 1 aromatic carbocycles. The van der Waals surface area contributed by atoms with Crippen LogP contribution < -0.4 is 10.6 Å². The second-order valence-corrected chi connectivity index (χ2v) is 6.78. The largest absolute Gasteiger partial charge is 0.375 e. The van der Waals surface area contributed by atoms with Gasteiger partial charge in [-0.05, 0) is 23.3 Å². The molecule has 1 aliphatic heterocycles. The fraction of sp³-hybridized carbons (Fsp3) is 0.444. The van der Waals surface area contributed by atoms with Gasteiger partial charge in [0.2, 0.25) is 5.91 Å². The Labute approximate surface area is 164 Å². The summed E-state index contributed by atoms with van der Waals surface area (Å²) < 4.78 is 7.28. The van der Waals surface area contributed by atoms with Gasteiger partial charge in [0.1, 0.15) is 0 Å². The highest BCUT2D eigenvalue weighted by molar-refractivity contribution is 6.30. The van der Waals surface area contributed by atoms with E-state index in [0.717, 1.165) is 17.7 Å². The SMILES string of the molecule is COC(CNC(=O)[C@H]1CNC[C@@H]1c1cnn(C)c1)c1cccc(Cl)c1.Cl. The molecule has 0 bridgehead atoms. The van der Waals surface area contributed by atoms with Crippen molar-refractivity contribution < 1.29 is 9.53 Å². The average Bonchev–Trinajstić information content (AvgIpc) is 3.24. The maximum Gasteiger partial charge on any atom is 0.225 e. The highest BCUT2D eigenvalue weighted by Gasteiger charge is 2.34. The van der Waals surface area contributed by atoms with Crippen molar-refractivity contribution in [3.8, 4) is 0 Å². The molecule has 1 saturated heterocycles. The van der Waals surface area contributed by atoms with Crippen molar-refractivity contribution in [1.29, 1.82) is 0 Å². The number of nitrogens with zero attached hydrogens (tertiary/aromatic N) is 2. The zero-order chi connectivity index (χ0) is 17.8. The summed E-state index contributed by atoms with van der Waals surface area (Å²) in [5.41, 5.74) is 2.04. The van der Waals surface area contributed by atoms with Gasteiger partial charge in [-0.3, -0.25) is 9.48 Å². The van der Waals surface area contributed by atoms with Crippen LogP contribution in [0.1, 0.15) is 23.1 Å². The number of halogens is 2. The van der Waals surface area contributed by atoms with Crippen LogP contribution in [0, 0.1) is 5.92 Å². The lowest BCUT2D eigenvalue weighted by Gasteiger charge is -2.20. The summed E-state index contributed by atoms with van der Waals surface area (Å²) in [6.07, 6.45) is 3.58. The van der Waals surface area contributed by atoms with E-state index >= 15 is 0 Å². The van der Waals surface area contributed by atoms with Gasteiger partial charge in [-0.1, -0.05) is 23.7 Å². The minimum absolute atomic E-state index is 0. The van der Waals surface area contributed by atoms with Gasteiger partial charge in [0, 0.05) is 50.9 Å². The van der Waals surface area contributed by atoms with E-state index in [1.807, 2.05) is 43.7 Å². The van der Waals surface area contributed by atoms with Crippen LogP contribution in [-0.4, -0.2) is 42.4 Å². The predicted molar refractivity (Wildman–Crippen MR) is 104 cm³/mol. The molecule has 142 valence electrons. The molecular formula is C18H24Cl2N4O2. The first-order valence-electron chi connectivity index (χ1n) is 8.33. The van der Waals surface area contributed by atoms with Gasteiger partial charge in [-0.25, -0.2) is 0 Å². The van der Waals surface area contributed by atoms with Crippen LogP contribution >= 0.6 is 24.0 Å². The second kappa shape index (κ2) is 9.37. The fourth-order valence-corrected chi connectivity index (χ4v) is 3.50. The van der Waals surface area contributed by atoms with Crippen molar-refractivity contribution in [3.63, 3.8) is 0 Å². The maximum absolute atomic E-state index is 12.7. The van der Waals surface area contributed by atoms with E-state index in [4.69, 9.17) is 16.3 Å². The molecule has 2 heterocycles. The number of ether oxygens (including phenoxy) is 1. The Bertz CT molecular complexity index is 737. The number of aromatic nitrogens is 2. The first kappa shape index (κ1) is 20.7. The molecule has 1 aromatic heterocycles. The van der Waals surface area contributed by atoms with E-state index in [-0.39, 0.29) is 36.3 Å². The predicted octanol–water partition coefficient (Wildman–Crippen LogP) is 2.30. The third-order valence-corrected chi connectivity index (χ3v) is 4.91. The topological polar surface area (TPSA) is 68.2 Å². The minimum Gasteiger partial charge on any atom is -0.375 e. The van der Waals surface area contributed by atoms with Crippen molar-refractivity contribution >= 4 is 29.9 Å². The molecular weight excluding hydrogens is 375 g/mol. The van der Waals surface area contributed by atoms with E-state index in [9.17, 15) is 4.79 Å². The van der Waals surface area contributed by atoms with Crippen molar-refractivity contribution in [2.75, 3.05) is 26.7 Å². The maximum atomic E-state index is 12.7. The highest BCUT2D eigenvalue weighted by atomic mass is 35.5. The Morgan fingerprint density at radius 3 is 2.96 bits per heavy atom. The second-order valence-electron chi connectivity index (χ2n) is 6.34. The van der Waals surface area contributed by atoms with Gasteiger partial charge < -0.3 is 15.4 Å². The Morgan fingerprint density at radius 2 is 2.31 bits per heavy atom. The van der Waals surface area contributed by atoms with Crippen LogP contribution in [0.2, 0.25) is 5.02 Å². The molecule has 0 radical (unpaired) electrons. The third kappa shape index (κ3) is 4.76. The Hall–Kier alpha value is -1.60. The summed E-state index contributed by atoms with van der Waals surface area (Å²) in [7, 11) is 3.52. The minimum atomic E-state index is -0.228. The molecule has 1 aliphatic rings. The van der Waals surface area contributed by atoms with Gasteiger partial charge in [-0.2, -0.15) is 5.10 Å². The van der Waals surface area contributed by atoms with E-state index < -0.39 is 0 Å². The molecule has 0 spiro atoms. The van der Waals surface area contributed by atoms with Gasteiger partial charge in [-0.15, -0.1) is 12.4 Å². The number of methoxy groups -OCH3 is 1. The molecule has 0 saturated carbocycles. The summed E-state index contributed by atoms with van der Waals surface area (Å²) >= 11 is 6.04. The van der Waals surface area contributed by atoms with Crippen molar-refractivity contribution in [2.24, 2.45) is 13.0 Å². The lowest BCUT2D eigenvalue weighted by Crippen LogP contribution is -2.37. The number of hydrogen-bond donors (Lipinski definition) is 2. The lowest BCUT2D eigenvalue weighted by molar-refractivity contribution is -0.125. The van der Waals surface area contributed by atoms with Crippen LogP contribution in [0.15, 0.2) is 36.7 Å². The fourth-order valence-electron chi connectivity index (χ4n) is 3.30. The average molecular weight is 399 g/mol. The van der Waals surface area contributed by atoms with Crippen molar-refractivity contribution in [3.05, 3.63) is 52.8 Å². The zero-order valence-electron chi connectivity index (χ0n) is 14.8. The number of carbonyl (C=O) groups is 1. The molecule has 2 N–H and O–H groups in total. The lowest BCUT2D eigenvalue weighted by atomic mass is 9.90. The first-order chi connectivity index (χ1) is 12.1. The summed E-state index contributed by atoms with van der Waals surface area (Å²) in [4.78, 5) is 12.7. The molecule has 1 amide bonds. The number of hydrogen-bond acceptors (Lipinski definition) is 4. The number of aryl methyl sites for hydroxylation is 1. The van der Waals surface area contributed by atoms with E-state index in [0.29, 0.717) is 18.1 Å². The first-order valence-corrected chi connectivity index (χ1v) is 8.71. The van der Waals surface area contributed by atoms with Crippen LogP contribution in [0.5, 0.6) is 0 Å². The molecule has 26 heavy (non-hydrogen) atoms. The van der Waals surface area contributed by atoms with Crippen LogP contribution in [0.25, 0.3) is 0 Å². The molecule has 8 heteroatoms. The number of amides is 1. The molecule has 6 nitrogen and oxygen atoms in total. The zero-order valence-corrected chi connectivity index (χ0v) is 16.4. The standard InChI is InChI=1S/C18H23ClN4O2.ClH/c1-23-11-13(7-22-23)15-8-20-9-16(15)18(24)21-10-17(25-2)12-4-3-5-14(19)6-12;/h3-7,11,15-17,20H,8-10H2,1-2H3,(H,21,24);1H/t15-,16+,17?;/m1./s1. The number of rotatable bonds is 6. The molecule has 3 atom stereocenters. The normalized spacial score (nSPS) is 20.4. The molecule has 1 fully saturated rings. The Morgan fingerprint density at radius 1 is 1.50 bits per heavy atom. The summed E-state index contributed by atoms with van der Waals surface area (Å²) in [6, 6.07) is 7.50. The van der Waals surface area contributed by atoms with Crippen LogP contribution in [0.3, 0.4) is 0 Å². The van der Waals surface area contributed by atoms with Crippen molar-refractivity contribution in [2.45, 2.75) is 12.0 Å². The molecule has 1 unspecified atom stereocenters. The number of nitrogens with one attached hydrogen (secondary N) is 2. The molecule has 0 aliphatic carbocycles. The van der Waals surface area contributed by atoms with Gasteiger partial charge in [0.15, 0.2) is 0 Å². The monoisotopic (exact) mass is 398 g/mol. The van der Waals surface area contributed by atoms with Gasteiger partial charge in [0.05, 0.1) is 18.2 Å². The van der Waals surface area contributed by atoms with Gasteiger partial charge in [0.25, 0.3) is 0 Å². The van der Waals surface area contributed by atoms with E-state index in [1.165, 1.54) is 0 Å². The quantitative estimate of drug-likeness (QED) is 0.783. The third-order valence-electron chi connectivity index (χ3n) is 4.67. The van der Waals surface area contributed by atoms with E-state index in [1.54, 1.807) is 11.8 Å². The smallest absolute Gasteiger partial charge is 0.225 e. The number of benzene rings is 1. The highest BCUT2D eigenvalue weighted by Crippen LogP contribution is 2.28. The summed E-state index contributed by atoms with van der Waals surface area (Å²) in [6.45, 7) is 1.86. The van der Waals surface area contributed by atoms with Crippen LogP contribution in [0.4, 0.5) is 0 Å². The molecule has 3 rings (SSSR count). The van der Waals surface area contributed by atoms with Crippen molar-refractivity contribution in [1.82, 2.24) is 20.4 Å². The Balaban J connectivity index is 0.00000243.